The maximum Gasteiger partial charge on any atom is 0.191 e. The lowest BCUT2D eigenvalue weighted by Gasteiger charge is -2.16. The molecule has 0 aliphatic carbocycles. The lowest BCUT2D eigenvalue weighted by Crippen LogP contribution is -2.11. The molecular weight excluding hydrogens is 1070 g/mol. The summed E-state index contributed by atoms with van der Waals surface area (Å²) in [4.78, 5) is 19.6. The first kappa shape index (κ1) is 73.4. The van der Waals surface area contributed by atoms with Crippen molar-refractivity contribution < 1.29 is 17.9 Å². The number of aryl methyl sites for hydroxylation is 8. The van der Waals surface area contributed by atoms with E-state index in [4.69, 9.17) is 17.9 Å². The van der Waals surface area contributed by atoms with Gasteiger partial charge in [-0.15, -0.1) is 22.7 Å². The van der Waals surface area contributed by atoms with Gasteiger partial charge in [0.2, 0.25) is 0 Å². The van der Waals surface area contributed by atoms with E-state index in [9.17, 15) is 0 Å². The summed E-state index contributed by atoms with van der Waals surface area (Å²) >= 11 is 6.65. The van der Waals surface area contributed by atoms with Crippen LogP contribution in [0.2, 0.25) is 0 Å². The van der Waals surface area contributed by atoms with Gasteiger partial charge in [-0.1, -0.05) is 176 Å². The van der Waals surface area contributed by atoms with Crippen molar-refractivity contribution in [3.05, 3.63) is 136 Å². The molecule has 0 saturated carbocycles. The monoisotopic (exact) mass is 1180 g/mol. The van der Waals surface area contributed by atoms with Crippen molar-refractivity contribution in [1.29, 1.82) is 0 Å². The number of hydrogen-bond donors (Lipinski definition) is 0. The van der Waals surface area contributed by atoms with Gasteiger partial charge in [0.1, 0.15) is 24.0 Å². The molecule has 0 spiro atoms. The van der Waals surface area contributed by atoms with Crippen molar-refractivity contribution in [3.63, 3.8) is 0 Å². The number of thiazole rings is 2. The van der Waals surface area contributed by atoms with E-state index < -0.39 is 0 Å². The van der Waals surface area contributed by atoms with E-state index in [0.29, 0.717) is 0 Å². The smallest absolute Gasteiger partial charge is 0.191 e. The summed E-state index contributed by atoms with van der Waals surface area (Å²) in [5.74, 6) is 3.38. The fourth-order valence-electron chi connectivity index (χ4n) is 6.29. The van der Waals surface area contributed by atoms with Gasteiger partial charge in [0, 0.05) is 73.8 Å². The van der Waals surface area contributed by atoms with Crippen LogP contribution in [0.5, 0.6) is 0 Å². The molecule has 0 saturated heterocycles. The number of rotatable bonds is 0. The topological polar surface area (TPSA) is 156 Å². The van der Waals surface area contributed by atoms with Crippen molar-refractivity contribution in [2.75, 3.05) is 0 Å². The van der Waals surface area contributed by atoms with E-state index in [1.807, 2.05) is 60.7 Å². The van der Waals surface area contributed by atoms with Gasteiger partial charge in [0.15, 0.2) is 11.8 Å². The van der Waals surface area contributed by atoms with Crippen LogP contribution in [0.3, 0.4) is 0 Å². The predicted octanol–water partition coefficient (Wildman–Crippen LogP) is 20.1. The van der Waals surface area contributed by atoms with Crippen LogP contribution >= 0.6 is 45.7 Å². The van der Waals surface area contributed by atoms with E-state index in [2.05, 4.69) is 229 Å². The summed E-state index contributed by atoms with van der Waals surface area (Å²) in [7, 11) is 0. The number of oxazole rings is 2. The van der Waals surface area contributed by atoms with Crippen LogP contribution < -0.4 is 0 Å². The Bertz CT molecular complexity index is 2530. The summed E-state index contributed by atoms with van der Waals surface area (Å²) in [6.45, 7) is 67.6. The summed E-state index contributed by atoms with van der Waals surface area (Å²) < 4.78 is 28.8. The molecule has 16 heteroatoms. The quantitative estimate of drug-likeness (QED) is 0.142. The second kappa shape index (κ2) is 30.1. The molecule has 448 valence electrons. The van der Waals surface area contributed by atoms with Gasteiger partial charge >= 0.3 is 0 Å². The lowest BCUT2D eigenvalue weighted by atomic mass is 9.88. The van der Waals surface area contributed by atoms with Crippen molar-refractivity contribution in [3.8, 4) is 0 Å². The van der Waals surface area contributed by atoms with Crippen LogP contribution in [-0.4, -0.2) is 39.0 Å². The molecule has 0 atom stereocenters. The maximum atomic E-state index is 5.34. The SMILES string of the molecule is Cc1cc(C(C)(C)C)on1.Cc1cc(C(C)(C)C)sn1.Cc1nc(C(C)(C)C)co1.Cc1nc(C(C)(C)C)cs1.Cc1ncc(C(C)(C)C)o1.Cc1ncc(C(C)(C)C)s1.Cc1nocc1C(C)(C)C.Cc1nscc1C(C)(C)C. The molecule has 0 fully saturated rings. The molecule has 0 amide bonds. The van der Waals surface area contributed by atoms with Crippen LogP contribution in [0.1, 0.15) is 255 Å². The zero-order valence-electron chi connectivity index (χ0n) is 55.5. The largest absolute Gasteiger partial charge is 0.449 e. The second-order valence-corrected chi connectivity index (χ2v) is 32.0. The van der Waals surface area contributed by atoms with Crippen LogP contribution in [0.25, 0.3) is 0 Å². The minimum Gasteiger partial charge on any atom is -0.449 e. The highest BCUT2D eigenvalue weighted by atomic mass is 32.1. The van der Waals surface area contributed by atoms with E-state index in [-0.39, 0.29) is 43.3 Å². The van der Waals surface area contributed by atoms with Gasteiger partial charge in [-0.3, -0.25) is 0 Å². The summed E-state index contributed by atoms with van der Waals surface area (Å²) in [5.41, 5.74) is 10.5. The Balaban J connectivity index is 0.000000457. The summed E-state index contributed by atoms with van der Waals surface area (Å²) in [6.07, 6.45) is 7.19. The van der Waals surface area contributed by atoms with Crippen LogP contribution in [0, 0.1) is 55.4 Å². The minimum absolute atomic E-state index is 0.0846. The molecule has 0 radical (unpaired) electrons. The molecule has 8 aromatic rings. The van der Waals surface area contributed by atoms with Crippen molar-refractivity contribution in [2.45, 2.75) is 265 Å². The zero-order valence-corrected chi connectivity index (χ0v) is 58.7. The molecule has 8 heterocycles. The van der Waals surface area contributed by atoms with Gasteiger partial charge in [-0.2, -0.15) is 8.75 Å². The fraction of sp³-hybridized carbons (Fsp3) is 0.625. The molecule has 0 N–H and O–H groups in total. The van der Waals surface area contributed by atoms with Gasteiger partial charge in [0.05, 0.1) is 50.4 Å². The molecule has 8 rings (SSSR count). The first-order valence-electron chi connectivity index (χ1n) is 27.4. The molecule has 0 aliphatic heterocycles. The lowest BCUT2D eigenvalue weighted by molar-refractivity contribution is 0.327. The van der Waals surface area contributed by atoms with E-state index in [0.717, 1.165) is 56.1 Å². The summed E-state index contributed by atoms with van der Waals surface area (Å²) in [6, 6.07) is 4.13. The van der Waals surface area contributed by atoms with Crippen LogP contribution in [0.15, 0.2) is 65.7 Å². The Morgan fingerprint density at radius 3 is 1.18 bits per heavy atom. The third kappa shape index (κ3) is 27.9. The average Bonchev–Trinajstić information content (AvgIpc) is 4.11. The Kier molecular flexibility index (Phi) is 27.6. The highest BCUT2D eigenvalue weighted by molar-refractivity contribution is 7.11. The summed E-state index contributed by atoms with van der Waals surface area (Å²) in [5, 5.41) is 14.2. The Morgan fingerprint density at radius 1 is 0.425 bits per heavy atom. The van der Waals surface area contributed by atoms with Gasteiger partial charge in [0.25, 0.3) is 0 Å². The third-order valence-corrected chi connectivity index (χ3v) is 15.5. The molecule has 80 heavy (non-hydrogen) atoms. The fourth-order valence-corrected chi connectivity index (χ4v) is 9.70. The van der Waals surface area contributed by atoms with E-state index in [1.54, 1.807) is 64.5 Å². The number of nitrogens with zero attached hydrogens (tertiary/aromatic N) is 8. The van der Waals surface area contributed by atoms with Gasteiger partial charge in [-0.25, -0.2) is 19.9 Å². The molecule has 8 aromatic heterocycles. The molecular formula is C64H104N8O4S4. The van der Waals surface area contributed by atoms with Crippen molar-refractivity contribution >= 4 is 45.7 Å². The van der Waals surface area contributed by atoms with E-state index >= 15 is 0 Å². The zero-order chi connectivity index (χ0) is 62.2. The maximum absolute atomic E-state index is 5.34. The third-order valence-electron chi connectivity index (χ3n) is 11.3. The predicted molar refractivity (Wildman–Crippen MR) is 342 cm³/mol. The highest BCUT2D eigenvalue weighted by Crippen LogP contribution is 2.30. The average molecular weight is 1180 g/mol. The van der Waals surface area contributed by atoms with Crippen LogP contribution in [-0.2, 0) is 43.3 Å². The molecule has 0 unspecified atom stereocenters. The Hall–Kier alpha value is -4.64. The van der Waals surface area contributed by atoms with E-state index in [1.165, 1.54) is 32.3 Å². The van der Waals surface area contributed by atoms with Gasteiger partial charge < -0.3 is 17.9 Å². The van der Waals surface area contributed by atoms with Crippen LogP contribution in [0.4, 0.5) is 0 Å². The number of aromatic nitrogens is 8. The Morgan fingerprint density at radius 2 is 0.975 bits per heavy atom. The van der Waals surface area contributed by atoms with Gasteiger partial charge in [-0.05, 0) is 97.9 Å². The highest BCUT2D eigenvalue weighted by Gasteiger charge is 2.22. The molecule has 0 aromatic carbocycles. The number of hydrogen-bond acceptors (Lipinski definition) is 16. The standard InChI is InChI=1S/4C8H13NO.4C8H13NS/c1-6-9-7(5-10-6)8(2,3)4;1-6-9-5-7(10-6)8(2,3)4;1-6-7(5-10-9-6)8(2,3)4;1-6-5-7(10-9-6)8(2,3)4;1-6-9-7(5-10-6)8(2,3)4;1-6-9-5-7(10-6)8(2,3)4;1-6-7(5-10-9-6)8(2,3)4;1-6-5-7(10-9-6)8(2,3)4/h8*5H,1-4H3. The van der Waals surface area contributed by atoms with Crippen molar-refractivity contribution in [2.24, 2.45) is 0 Å². The first-order chi connectivity index (χ1) is 36.0. The first-order valence-corrected chi connectivity index (χ1v) is 30.8. The molecule has 0 bridgehead atoms. The second-order valence-electron chi connectivity index (χ2n) is 28.3. The molecule has 12 nitrogen and oxygen atoms in total. The van der Waals surface area contributed by atoms with Crippen molar-refractivity contribution in [1.82, 2.24) is 39.0 Å². The minimum atomic E-state index is 0.0846. The normalized spacial score (nSPS) is 12.0. The Labute approximate surface area is 500 Å². The molecule has 0 aliphatic rings.